The summed E-state index contributed by atoms with van der Waals surface area (Å²) < 4.78 is 6.33. The zero-order valence-corrected chi connectivity index (χ0v) is 23.0. The summed E-state index contributed by atoms with van der Waals surface area (Å²) >= 11 is 0. The third-order valence-electron chi connectivity index (χ3n) is 6.03. The Kier molecular flexibility index (Phi) is 7.42. The lowest BCUT2D eigenvalue weighted by atomic mass is 9.64. The Labute approximate surface area is 202 Å². The molecule has 2 rings (SSSR count). The van der Waals surface area contributed by atoms with Crippen LogP contribution in [0.4, 0.5) is 0 Å². The normalized spacial score (nSPS) is 13.5. The van der Waals surface area contributed by atoms with Gasteiger partial charge in [-0.2, -0.15) is 0 Å². The van der Waals surface area contributed by atoms with E-state index in [1.807, 2.05) is 12.1 Å². The molecule has 0 heterocycles. The number of ether oxygens (including phenoxy) is 1. The van der Waals surface area contributed by atoms with Gasteiger partial charge in [0.05, 0.1) is 13.2 Å². The van der Waals surface area contributed by atoms with Crippen LogP contribution in [0.15, 0.2) is 24.3 Å². The molecule has 3 nitrogen and oxygen atoms in total. The van der Waals surface area contributed by atoms with E-state index in [-0.39, 0.29) is 27.4 Å². The fourth-order valence-electron chi connectivity index (χ4n) is 4.91. The molecule has 0 radical (unpaired) electrons. The maximum atomic E-state index is 11.8. The Morgan fingerprint density at radius 2 is 0.909 bits per heavy atom. The van der Waals surface area contributed by atoms with Crippen LogP contribution in [0.2, 0.25) is 0 Å². The Morgan fingerprint density at radius 3 is 1.24 bits per heavy atom. The van der Waals surface area contributed by atoms with Crippen molar-refractivity contribution in [2.24, 2.45) is 0 Å². The quantitative estimate of drug-likeness (QED) is 0.492. The highest BCUT2D eigenvalue weighted by Gasteiger charge is 2.40. The molecule has 33 heavy (non-hydrogen) atoms. The van der Waals surface area contributed by atoms with Gasteiger partial charge in [-0.1, -0.05) is 95.2 Å². The fraction of sp³-hybridized carbons (Fsp3) is 0.600. The summed E-state index contributed by atoms with van der Waals surface area (Å²) in [6, 6.07) is 7.16. The minimum absolute atomic E-state index is 0.173. The minimum atomic E-state index is -0.227. The van der Waals surface area contributed by atoms with Crippen LogP contribution >= 0.6 is 0 Å². The molecule has 2 aromatic carbocycles. The first-order valence-corrected chi connectivity index (χ1v) is 12.1. The van der Waals surface area contributed by atoms with E-state index >= 15 is 0 Å². The average molecular weight is 455 g/mol. The van der Waals surface area contributed by atoms with Gasteiger partial charge in [0.1, 0.15) is 11.5 Å². The molecule has 0 aromatic heterocycles. The third-order valence-corrected chi connectivity index (χ3v) is 6.03. The topological polar surface area (TPSA) is 49.7 Å². The van der Waals surface area contributed by atoms with E-state index in [2.05, 4.69) is 83.1 Å². The van der Waals surface area contributed by atoms with Crippen molar-refractivity contribution in [2.45, 2.75) is 118 Å². The predicted octanol–water partition coefficient (Wildman–Crippen LogP) is 8.00. The van der Waals surface area contributed by atoms with Crippen molar-refractivity contribution in [1.82, 2.24) is 0 Å². The van der Waals surface area contributed by atoms with Crippen molar-refractivity contribution >= 4 is 0 Å². The molecule has 0 amide bonds. The molecule has 0 aliphatic rings. The van der Waals surface area contributed by atoms with Crippen molar-refractivity contribution in [3.05, 3.63) is 57.6 Å². The summed E-state index contributed by atoms with van der Waals surface area (Å²) in [7, 11) is 0. The molecule has 0 fully saturated rings. The number of phenolic OH excluding ortho intramolecular Hbond substituents is 2. The zero-order valence-electron chi connectivity index (χ0n) is 23.0. The van der Waals surface area contributed by atoms with Gasteiger partial charge in [-0.05, 0) is 56.0 Å². The number of hydrogen-bond acceptors (Lipinski definition) is 3. The van der Waals surface area contributed by atoms with Gasteiger partial charge in [-0.25, -0.2) is 0 Å². The van der Waals surface area contributed by atoms with E-state index in [1.165, 1.54) is 16.7 Å². The SMILES string of the molecule is CC(C)(C)c1c(O)c(C(C)(C)C)c(C(C)(C)C)c(COCc2ccc(O)cc2)c1C(C)(C)C. The summed E-state index contributed by atoms with van der Waals surface area (Å²) in [6.07, 6.45) is 0. The van der Waals surface area contributed by atoms with E-state index in [0.717, 1.165) is 16.7 Å². The maximum absolute atomic E-state index is 11.8. The maximum Gasteiger partial charge on any atom is 0.123 e. The summed E-state index contributed by atoms with van der Waals surface area (Å²) in [5.41, 5.74) is 5.85. The second-order valence-electron chi connectivity index (χ2n) is 13.5. The van der Waals surface area contributed by atoms with E-state index in [1.54, 1.807) is 12.1 Å². The van der Waals surface area contributed by atoms with Gasteiger partial charge in [-0.15, -0.1) is 0 Å². The standard InChI is InChI=1S/C30H46O3/c1-27(2,3)22-21(18-33-17-19-13-15-20(31)16-14-19)23(28(4,5)6)25(30(10,11)12)26(32)24(22)29(7,8)9/h13-16,31-32H,17-18H2,1-12H3. The molecule has 2 aromatic rings. The van der Waals surface area contributed by atoms with Gasteiger partial charge in [0, 0.05) is 11.1 Å². The van der Waals surface area contributed by atoms with E-state index < -0.39 is 0 Å². The molecule has 0 atom stereocenters. The number of benzene rings is 2. The highest BCUT2D eigenvalue weighted by Crippen LogP contribution is 2.51. The van der Waals surface area contributed by atoms with Crippen molar-refractivity contribution in [1.29, 1.82) is 0 Å². The van der Waals surface area contributed by atoms with E-state index in [9.17, 15) is 10.2 Å². The number of hydrogen-bond donors (Lipinski definition) is 2. The van der Waals surface area contributed by atoms with Crippen LogP contribution in [-0.4, -0.2) is 10.2 Å². The smallest absolute Gasteiger partial charge is 0.123 e. The lowest BCUT2D eigenvalue weighted by molar-refractivity contribution is 0.104. The number of rotatable bonds is 4. The number of phenols is 2. The fourth-order valence-corrected chi connectivity index (χ4v) is 4.91. The number of aromatic hydroxyl groups is 2. The summed E-state index contributed by atoms with van der Waals surface area (Å²) in [5, 5.41) is 21.4. The Bertz CT molecular complexity index is 917. The molecule has 3 heteroatoms. The Balaban J connectivity index is 2.86. The lowest BCUT2D eigenvalue weighted by Crippen LogP contribution is -2.32. The van der Waals surface area contributed by atoms with Gasteiger partial charge >= 0.3 is 0 Å². The first-order chi connectivity index (χ1) is 14.8. The van der Waals surface area contributed by atoms with Gasteiger partial charge in [0.25, 0.3) is 0 Å². The molecule has 0 spiro atoms. The molecular formula is C30H46O3. The van der Waals surface area contributed by atoms with Gasteiger partial charge < -0.3 is 14.9 Å². The largest absolute Gasteiger partial charge is 0.508 e. The van der Waals surface area contributed by atoms with Crippen LogP contribution in [-0.2, 0) is 39.6 Å². The van der Waals surface area contributed by atoms with Gasteiger partial charge in [-0.3, -0.25) is 0 Å². The van der Waals surface area contributed by atoms with Crippen molar-refractivity contribution < 1.29 is 14.9 Å². The van der Waals surface area contributed by atoms with Gasteiger partial charge in [0.15, 0.2) is 0 Å². The molecule has 0 unspecified atom stereocenters. The van der Waals surface area contributed by atoms with Crippen LogP contribution in [0.25, 0.3) is 0 Å². The summed E-state index contributed by atoms with van der Waals surface area (Å²) in [6.45, 7) is 27.4. The lowest BCUT2D eigenvalue weighted by Gasteiger charge is -2.41. The van der Waals surface area contributed by atoms with Gasteiger partial charge in [0.2, 0.25) is 0 Å². The summed E-state index contributed by atoms with van der Waals surface area (Å²) in [5.74, 6) is 0.694. The van der Waals surface area contributed by atoms with Crippen LogP contribution in [0.3, 0.4) is 0 Å². The molecule has 0 aliphatic carbocycles. The van der Waals surface area contributed by atoms with Crippen molar-refractivity contribution in [2.75, 3.05) is 0 Å². The molecule has 0 saturated carbocycles. The Hall–Kier alpha value is -2.00. The molecule has 2 N–H and O–H groups in total. The zero-order chi connectivity index (χ0) is 25.6. The average Bonchev–Trinajstić information content (AvgIpc) is 2.59. The highest BCUT2D eigenvalue weighted by atomic mass is 16.5. The second kappa shape index (κ2) is 8.98. The first kappa shape index (κ1) is 27.2. The second-order valence-corrected chi connectivity index (χ2v) is 13.5. The predicted molar refractivity (Wildman–Crippen MR) is 140 cm³/mol. The monoisotopic (exact) mass is 454 g/mol. The highest BCUT2D eigenvalue weighted by molar-refractivity contribution is 5.63. The van der Waals surface area contributed by atoms with Crippen LogP contribution in [0.1, 0.15) is 116 Å². The van der Waals surface area contributed by atoms with Crippen LogP contribution < -0.4 is 0 Å². The van der Waals surface area contributed by atoms with E-state index in [0.29, 0.717) is 19.0 Å². The Morgan fingerprint density at radius 1 is 0.545 bits per heavy atom. The molecule has 0 aliphatic heterocycles. The molecular weight excluding hydrogens is 408 g/mol. The first-order valence-electron chi connectivity index (χ1n) is 12.1. The summed E-state index contributed by atoms with van der Waals surface area (Å²) in [4.78, 5) is 0. The van der Waals surface area contributed by atoms with Crippen LogP contribution in [0.5, 0.6) is 11.5 Å². The molecule has 184 valence electrons. The van der Waals surface area contributed by atoms with Crippen molar-refractivity contribution in [3.8, 4) is 11.5 Å². The third kappa shape index (κ3) is 6.12. The van der Waals surface area contributed by atoms with Crippen LogP contribution in [0, 0.1) is 0 Å². The molecule has 0 saturated heterocycles. The minimum Gasteiger partial charge on any atom is -0.508 e. The van der Waals surface area contributed by atoms with Crippen molar-refractivity contribution in [3.63, 3.8) is 0 Å². The van der Waals surface area contributed by atoms with E-state index in [4.69, 9.17) is 4.74 Å². The molecule has 0 bridgehead atoms.